The van der Waals surface area contributed by atoms with Crippen LogP contribution >= 0.6 is 0 Å². The number of benzene rings is 3. The Morgan fingerprint density at radius 1 is 1.03 bits per heavy atom. The zero-order chi connectivity index (χ0) is 26.2. The fraction of sp³-hybridized carbons (Fsp3) is 0.387. The maximum absolute atomic E-state index is 14.7. The first-order valence-electron chi connectivity index (χ1n) is 13.0. The Hall–Kier alpha value is -3.54. The Balaban J connectivity index is 1.54. The first kappa shape index (κ1) is 26.5. The summed E-state index contributed by atoms with van der Waals surface area (Å²) in [4.78, 5) is 11.5. The van der Waals surface area contributed by atoms with E-state index >= 15 is 0 Å². The van der Waals surface area contributed by atoms with Crippen LogP contribution in [0, 0.1) is 11.7 Å². The smallest absolute Gasteiger partial charge is 0.303 e. The molecule has 6 heteroatoms. The largest absolute Gasteiger partial charge is 0.497 e. The van der Waals surface area contributed by atoms with Crippen molar-refractivity contribution in [1.82, 2.24) is 0 Å². The van der Waals surface area contributed by atoms with Gasteiger partial charge in [-0.2, -0.15) is 0 Å². The van der Waals surface area contributed by atoms with Crippen molar-refractivity contribution in [1.29, 1.82) is 0 Å². The Kier molecular flexibility index (Phi) is 9.04. The Labute approximate surface area is 218 Å². The van der Waals surface area contributed by atoms with Crippen LogP contribution in [0.2, 0.25) is 0 Å². The van der Waals surface area contributed by atoms with E-state index in [9.17, 15) is 14.3 Å². The van der Waals surface area contributed by atoms with Gasteiger partial charge in [-0.15, -0.1) is 0 Å². The molecule has 0 unspecified atom stereocenters. The van der Waals surface area contributed by atoms with Gasteiger partial charge in [0.05, 0.1) is 20.1 Å². The van der Waals surface area contributed by atoms with Gasteiger partial charge in [0, 0.05) is 11.1 Å². The van der Waals surface area contributed by atoms with Crippen molar-refractivity contribution in [3.8, 4) is 28.4 Å². The maximum Gasteiger partial charge on any atom is 0.303 e. The SMILES string of the molecule is CCCCOc1cc(COc2cccc([C@H](CC(=O)O)C3CCC3)c2)ccc1-c1cc(OC)ccc1F. The summed E-state index contributed by atoms with van der Waals surface area (Å²) in [6.07, 6.45) is 5.33. The van der Waals surface area contributed by atoms with Gasteiger partial charge in [0.2, 0.25) is 0 Å². The molecule has 0 bridgehead atoms. The van der Waals surface area contributed by atoms with Gasteiger partial charge in [0.25, 0.3) is 0 Å². The highest BCUT2D eigenvalue weighted by Gasteiger charge is 2.30. The van der Waals surface area contributed by atoms with Gasteiger partial charge < -0.3 is 19.3 Å². The zero-order valence-electron chi connectivity index (χ0n) is 21.5. The van der Waals surface area contributed by atoms with E-state index in [0.717, 1.165) is 43.2 Å². The molecule has 1 aliphatic rings. The van der Waals surface area contributed by atoms with Crippen LogP contribution in [-0.2, 0) is 11.4 Å². The number of carboxylic acid groups (broad SMARTS) is 1. The molecule has 0 amide bonds. The second kappa shape index (κ2) is 12.6. The third-order valence-corrected chi connectivity index (χ3v) is 7.07. The molecule has 196 valence electrons. The molecule has 3 aromatic rings. The summed E-state index contributed by atoms with van der Waals surface area (Å²) in [6, 6.07) is 18.1. The topological polar surface area (TPSA) is 65.0 Å². The lowest BCUT2D eigenvalue weighted by Gasteiger charge is -2.33. The third kappa shape index (κ3) is 6.82. The minimum Gasteiger partial charge on any atom is -0.497 e. The molecule has 1 N–H and O–H groups in total. The second-order valence-corrected chi connectivity index (χ2v) is 9.63. The van der Waals surface area contributed by atoms with E-state index in [1.165, 1.54) is 6.07 Å². The van der Waals surface area contributed by atoms with Crippen LogP contribution in [0.15, 0.2) is 60.7 Å². The Bertz CT molecular complexity index is 1200. The number of methoxy groups -OCH3 is 1. The fourth-order valence-electron chi connectivity index (χ4n) is 4.75. The van der Waals surface area contributed by atoms with E-state index in [4.69, 9.17) is 14.2 Å². The van der Waals surface area contributed by atoms with E-state index < -0.39 is 5.97 Å². The monoisotopic (exact) mass is 506 g/mol. The van der Waals surface area contributed by atoms with Crippen molar-refractivity contribution >= 4 is 5.97 Å². The molecule has 0 aromatic heterocycles. The number of aliphatic carboxylic acids is 1. The summed E-state index contributed by atoms with van der Waals surface area (Å²) < 4.78 is 32.2. The van der Waals surface area contributed by atoms with Crippen LogP contribution in [0.25, 0.3) is 11.1 Å². The molecular formula is C31H35FO5. The minimum absolute atomic E-state index is 0.00501. The van der Waals surface area contributed by atoms with Crippen molar-refractivity contribution in [2.24, 2.45) is 5.92 Å². The molecule has 1 atom stereocenters. The van der Waals surface area contributed by atoms with Gasteiger partial charge in [0.1, 0.15) is 29.7 Å². The summed E-state index contributed by atoms with van der Waals surface area (Å²) >= 11 is 0. The Morgan fingerprint density at radius 3 is 2.57 bits per heavy atom. The van der Waals surface area contributed by atoms with E-state index in [2.05, 4.69) is 6.92 Å². The molecule has 5 nitrogen and oxygen atoms in total. The summed E-state index contributed by atoms with van der Waals surface area (Å²) in [5.41, 5.74) is 2.99. The lowest BCUT2D eigenvalue weighted by molar-refractivity contribution is -0.138. The number of ether oxygens (including phenoxy) is 3. The van der Waals surface area contributed by atoms with E-state index in [1.807, 2.05) is 42.5 Å². The summed E-state index contributed by atoms with van der Waals surface area (Å²) in [5, 5.41) is 9.42. The first-order chi connectivity index (χ1) is 18.0. The van der Waals surface area contributed by atoms with Gasteiger partial charge in [-0.05, 0) is 78.6 Å². The summed E-state index contributed by atoms with van der Waals surface area (Å²) in [7, 11) is 1.56. The third-order valence-electron chi connectivity index (χ3n) is 7.07. The second-order valence-electron chi connectivity index (χ2n) is 9.63. The fourth-order valence-corrected chi connectivity index (χ4v) is 4.75. The van der Waals surface area contributed by atoms with Crippen molar-refractivity contribution in [2.75, 3.05) is 13.7 Å². The van der Waals surface area contributed by atoms with Crippen LogP contribution in [-0.4, -0.2) is 24.8 Å². The van der Waals surface area contributed by atoms with Crippen LogP contribution in [0.1, 0.15) is 62.5 Å². The number of carboxylic acids is 1. The molecule has 1 aliphatic carbocycles. The molecule has 37 heavy (non-hydrogen) atoms. The van der Waals surface area contributed by atoms with Gasteiger partial charge in [-0.1, -0.05) is 44.0 Å². The van der Waals surface area contributed by atoms with Crippen LogP contribution in [0.4, 0.5) is 4.39 Å². The molecular weight excluding hydrogens is 471 g/mol. The number of halogens is 1. The minimum atomic E-state index is -0.772. The maximum atomic E-state index is 14.7. The van der Waals surface area contributed by atoms with Crippen molar-refractivity contribution in [2.45, 2.75) is 58.0 Å². The average molecular weight is 507 g/mol. The molecule has 1 fully saturated rings. The highest BCUT2D eigenvalue weighted by atomic mass is 19.1. The van der Waals surface area contributed by atoms with Crippen LogP contribution in [0.3, 0.4) is 0 Å². The molecule has 0 saturated heterocycles. The molecule has 0 radical (unpaired) electrons. The summed E-state index contributed by atoms with van der Waals surface area (Å²) in [5.74, 6) is 1.18. The van der Waals surface area contributed by atoms with Crippen molar-refractivity contribution in [3.05, 3.63) is 77.6 Å². The number of rotatable bonds is 13. The molecule has 0 spiro atoms. The van der Waals surface area contributed by atoms with Gasteiger partial charge >= 0.3 is 5.97 Å². The van der Waals surface area contributed by atoms with Crippen molar-refractivity contribution in [3.63, 3.8) is 0 Å². The zero-order valence-corrected chi connectivity index (χ0v) is 21.5. The van der Waals surface area contributed by atoms with Gasteiger partial charge in [-0.25, -0.2) is 4.39 Å². The van der Waals surface area contributed by atoms with Gasteiger partial charge in [0.15, 0.2) is 0 Å². The highest BCUT2D eigenvalue weighted by molar-refractivity contribution is 5.72. The van der Waals surface area contributed by atoms with E-state index in [0.29, 0.717) is 47.5 Å². The van der Waals surface area contributed by atoms with Gasteiger partial charge in [-0.3, -0.25) is 4.79 Å². The predicted octanol–water partition coefficient (Wildman–Crippen LogP) is 7.62. The number of hydrogen-bond acceptors (Lipinski definition) is 4. The molecule has 1 saturated carbocycles. The lowest BCUT2D eigenvalue weighted by Crippen LogP contribution is -2.22. The molecule has 0 aliphatic heterocycles. The number of unbranched alkanes of at least 4 members (excludes halogenated alkanes) is 1. The quantitative estimate of drug-likeness (QED) is 0.242. The van der Waals surface area contributed by atoms with Crippen LogP contribution in [0.5, 0.6) is 17.2 Å². The van der Waals surface area contributed by atoms with E-state index in [-0.39, 0.29) is 18.2 Å². The normalized spacial score (nSPS) is 14.0. The highest BCUT2D eigenvalue weighted by Crippen LogP contribution is 2.42. The van der Waals surface area contributed by atoms with E-state index in [1.54, 1.807) is 19.2 Å². The standard InChI is InChI=1S/C31H35FO5/c1-3-4-15-36-30-16-21(11-13-26(30)28-18-24(35-2)12-14-29(28)32)20-37-25-10-6-9-23(17-25)27(19-31(33)34)22-7-5-8-22/h6,9-14,16-18,22,27H,3-5,7-8,15,19-20H2,1-2H3,(H,33,34)/t27-/m1/s1. The average Bonchev–Trinajstić information content (AvgIpc) is 2.87. The summed E-state index contributed by atoms with van der Waals surface area (Å²) in [6.45, 7) is 2.94. The molecule has 4 rings (SSSR count). The van der Waals surface area contributed by atoms with Crippen LogP contribution < -0.4 is 14.2 Å². The van der Waals surface area contributed by atoms with Crippen molar-refractivity contribution < 1.29 is 28.5 Å². The lowest BCUT2D eigenvalue weighted by atomic mass is 9.72. The predicted molar refractivity (Wildman–Crippen MR) is 142 cm³/mol. The molecule has 0 heterocycles. The number of carbonyl (C=O) groups is 1. The Morgan fingerprint density at radius 2 is 1.86 bits per heavy atom. The first-order valence-corrected chi connectivity index (χ1v) is 13.0. The number of hydrogen-bond donors (Lipinski definition) is 1. The molecule has 3 aromatic carbocycles.